The van der Waals surface area contributed by atoms with Crippen LogP contribution in [0.2, 0.25) is 0 Å². The van der Waals surface area contributed by atoms with Gasteiger partial charge in [0.2, 0.25) is 5.91 Å². The lowest BCUT2D eigenvalue weighted by molar-refractivity contribution is -0.131. The summed E-state index contributed by atoms with van der Waals surface area (Å²) >= 11 is 0. The monoisotopic (exact) mass is 359 g/mol. The van der Waals surface area contributed by atoms with Gasteiger partial charge in [-0.1, -0.05) is 6.07 Å². The minimum absolute atomic E-state index is 0.00950. The van der Waals surface area contributed by atoms with E-state index in [9.17, 15) is 13.6 Å². The molecule has 2 aromatic carbocycles. The van der Waals surface area contributed by atoms with Gasteiger partial charge in [-0.15, -0.1) is 0 Å². The van der Waals surface area contributed by atoms with Crippen LogP contribution < -0.4 is 10.2 Å². The molecule has 1 atom stereocenters. The van der Waals surface area contributed by atoms with Gasteiger partial charge in [0.15, 0.2) is 0 Å². The molecule has 26 heavy (non-hydrogen) atoms. The lowest BCUT2D eigenvalue weighted by atomic mass is 10.2. The molecule has 0 saturated carbocycles. The van der Waals surface area contributed by atoms with E-state index in [4.69, 9.17) is 0 Å². The van der Waals surface area contributed by atoms with Gasteiger partial charge in [0.25, 0.3) is 0 Å². The maximum Gasteiger partial charge on any atom is 0.244 e. The normalized spacial score (nSPS) is 15.7. The molecule has 1 saturated heterocycles. The van der Waals surface area contributed by atoms with E-state index < -0.39 is 6.04 Å². The van der Waals surface area contributed by atoms with Gasteiger partial charge in [-0.25, -0.2) is 8.78 Å². The summed E-state index contributed by atoms with van der Waals surface area (Å²) in [5.41, 5.74) is 2.13. The van der Waals surface area contributed by atoms with E-state index in [-0.39, 0.29) is 17.5 Å². The second kappa shape index (κ2) is 7.72. The first-order valence-electron chi connectivity index (χ1n) is 8.76. The number of hydrogen-bond donors (Lipinski definition) is 1. The minimum Gasteiger partial charge on any atom is -0.374 e. The molecule has 1 aliphatic rings. The molecular weight excluding hydrogens is 336 g/mol. The van der Waals surface area contributed by atoms with Crippen LogP contribution in [0, 0.1) is 18.6 Å². The number of anilines is 2. The van der Waals surface area contributed by atoms with Crippen LogP contribution in [-0.2, 0) is 4.79 Å². The highest BCUT2D eigenvalue weighted by atomic mass is 19.1. The third-order valence-corrected chi connectivity index (χ3v) is 4.71. The molecule has 1 heterocycles. The third-order valence-electron chi connectivity index (χ3n) is 4.71. The van der Waals surface area contributed by atoms with E-state index in [1.165, 1.54) is 18.2 Å². The number of benzene rings is 2. The minimum atomic E-state index is -0.436. The molecule has 1 amide bonds. The molecule has 1 aliphatic heterocycles. The van der Waals surface area contributed by atoms with Crippen molar-refractivity contribution in [3.05, 3.63) is 59.7 Å². The zero-order valence-corrected chi connectivity index (χ0v) is 15.0. The molecular formula is C20H23F2N3O. The molecule has 0 aromatic heterocycles. The fourth-order valence-electron chi connectivity index (χ4n) is 3.11. The number of hydrogen-bond acceptors (Lipinski definition) is 3. The van der Waals surface area contributed by atoms with Crippen LogP contribution >= 0.6 is 0 Å². The van der Waals surface area contributed by atoms with Gasteiger partial charge in [-0.3, -0.25) is 4.79 Å². The second-order valence-electron chi connectivity index (χ2n) is 6.62. The predicted octanol–water partition coefficient (Wildman–Crippen LogP) is 3.42. The molecule has 1 fully saturated rings. The Labute approximate surface area is 152 Å². The largest absolute Gasteiger partial charge is 0.374 e. The van der Waals surface area contributed by atoms with Gasteiger partial charge >= 0.3 is 0 Å². The average molecular weight is 359 g/mol. The van der Waals surface area contributed by atoms with E-state index in [0.717, 1.165) is 5.69 Å². The molecule has 3 rings (SSSR count). The number of rotatable bonds is 4. The molecule has 1 unspecified atom stereocenters. The summed E-state index contributed by atoms with van der Waals surface area (Å²) < 4.78 is 26.7. The first-order valence-corrected chi connectivity index (χ1v) is 8.76. The SMILES string of the molecule is Cc1ccc(NC(C)C(=O)N2CCN(c3ccc(F)cc3)CC2)cc1F. The number of aryl methyl sites for hydroxylation is 1. The molecule has 0 bridgehead atoms. The zero-order valence-electron chi connectivity index (χ0n) is 15.0. The number of piperazine rings is 1. The first-order chi connectivity index (χ1) is 12.4. The lowest BCUT2D eigenvalue weighted by Gasteiger charge is -2.37. The summed E-state index contributed by atoms with van der Waals surface area (Å²) in [6, 6.07) is 10.8. The quantitative estimate of drug-likeness (QED) is 0.909. The van der Waals surface area contributed by atoms with Crippen molar-refractivity contribution in [3.8, 4) is 0 Å². The lowest BCUT2D eigenvalue weighted by Crippen LogP contribution is -2.52. The van der Waals surface area contributed by atoms with Crippen molar-refractivity contribution in [2.45, 2.75) is 19.9 Å². The maximum absolute atomic E-state index is 13.7. The molecule has 0 radical (unpaired) electrons. The zero-order chi connectivity index (χ0) is 18.7. The third kappa shape index (κ3) is 4.12. The Bertz CT molecular complexity index is 771. The van der Waals surface area contributed by atoms with Gasteiger partial charge in [0.1, 0.15) is 17.7 Å². The van der Waals surface area contributed by atoms with Crippen LogP contribution in [0.4, 0.5) is 20.2 Å². The molecule has 1 N–H and O–H groups in total. The Morgan fingerprint density at radius 3 is 2.31 bits per heavy atom. The number of carbonyl (C=O) groups excluding carboxylic acids is 1. The highest BCUT2D eigenvalue weighted by Gasteiger charge is 2.25. The summed E-state index contributed by atoms with van der Waals surface area (Å²) in [5.74, 6) is -0.553. The van der Waals surface area contributed by atoms with Crippen molar-refractivity contribution in [1.82, 2.24) is 4.90 Å². The summed E-state index contributed by atoms with van der Waals surface area (Å²) in [4.78, 5) is 16.6. The smallest absolute Gasteiger partial charge is 0.244 e. The number of nitrogens with zero attached hydrogens (tertiary/aromatic N) is 2. The van der Waals surface area contributed by atoms with Crippen LogP contribution in [0.3, 0.4) is 0 Å². The Balaban J connectivity index is 1.55. The van der Waals surface area contributed by atoms with E-state index in [1.807, 2.05) is 4.90 Å². The van der Waals surface area contributed by atoms with Crippen molar-refractivity contribution < 1.29 is 13.6 Å². The van der Waals surface area contributed by atoms with Crippen molar-refractivity contribution in [1.29, 1.82) is 0 Å². The van der Waals surface area contributed by atoms with Crippen LogP contribution in [0.15, 0.2) is 42.5 Å². The summed E-state index contributed by atoms with van der Waals surface area (Å²) in [6.45, 7) is 6.09. The number of nitrogens with one attached hydrogen (secondary N) is 1. The highest BCUT2D eigenvalue weighted by molar-refractivity contribution is 5.84. The molecule has 0 spiro atoms. The van der Waals surface area contributed by atoms with Gasteiger partial charge < -0.3 is 15.1 Å². The van der Waals surface area contributed by atoms with Crippen LogP contribution in [0.5, 0.6) is 0 Å². The van der Waals surface area contributed by atoms with Crippen molar-refractivity contribution in [3.63, 3.8) is 0 Å². The van der Waals surface area contributed by atoms with Gasteiger partial charge in [0, 0.05) is 37.6 Å². The van der Waals surface area contributed by atoms with Crippen molar-refractivity contribution >= 4 is 17.3 Å². The van der Waals surface area contributed by atoms with E-state index >= 15 is 0 Å². The summed E-state index contributed by atoms with van der Waals surface area (Å²) in [5, 5.41) is 3.07. The predicted molar refractivity (Wildman–Crippen MR) is 99.4 cm³/mol. The maximum atomic E-state index is 13.7. The molecule has 4 nitrogen and oxygen atoms in total. The second-order valence-corrected chi connectivity index (χ2v) is 6.62. The standard InChI is InChI=1S/C20H23F2N3O/c1-14-3-6-17(13-19(14)22)23-15(2)20(26)25-11-9-24(10-12-25)18-7-4-16(21)5-8-18/h3-8,13,15,23H,9-12H2,1-2H3. The van der Waals surface area contributed by atoms with Crippen LogP contribution in [0.1, 0.15) is 12.5 Å². The molecule has 138 valence electrons. The molecule has 6 heteroatoms. The Morgan fingerprint density at radius 2 is 1.69 bits per heavy atom. The number of halogens is 2. The molecule has 0 aliphatic carbocycles. The number of carbonyl (C=O) groups is 1. The van der Waals surface area contributed by atoms with Crippen LogP contribution in [0.25, 0.3) is 0 Å². The van der Waals surface area contributed by atoms with Crippen molar-refractivity contribution in [2.24, 2.45) is 0 Å². The van der Waals surface area contributed by atoms with E-state index in [2.05, 4.69) is 10.2 Å². The van der Waals surface area contributed by atoms with Gasteiger partial charge in [-0.2, -0.15) is 0 Å². The fourth-order valence-corrected chi connectivity index (χ4v) is 3.11. The topological polar surface area (TPSA) is 35.6 Å². The molecule has 2 aromatic rings. The van der Waals surface area contributed by atoms with E-state index in [1.54, 1.807) is 38.1 Å². The van der Waals surface area contributed by atoms with Crippen molar-refractivity contribution in [2.75, 3.05) is 36.4 Å². The number of amides is 1. The Morgan fingerprint density at radius 1 is 1.04 bits per heavy atom. The highest BCUT2D eigenvalue weighted by Crippen LogP contribution is 2.18. The van der Waals surface area contributed by atoms with Gasteiger partial charge in [0.05, 0.1) is 0 Å². The van der Waals surface area contributed by atoms with Crippen LogP contribution in [-0.4, -0.2) is 43.0 Å². The first kappa shape index (κ1) is 18.2. The van der Waals surface area contributed by atoms with Gasteiger partial charge in [-0.05, 0) is 55.8 Å². The summed E-state index contributed by atoms with van der Waals surface area (Å²) in [6.07, 6.45) is 0. The van der Waals surface area contributed by atoms with E-state index in [0.29, 0.717) is 37.4 Å². The Hall–Kier alpha value is -2.63. The Kier molecular flexibility index (Phi) is 5.40. The average Bonchev–Trinajstić information content (AvgIpc) is 2.65. The summed E-state index contributed by atoms with van der Waals surface area (Å²) in [7, 11) is 0. The fraction of sp³-hybridized carbons (Fsp3) is 0.350.